The fraction of sp³-hybridized carbons (Fsp3) is 0.250. The molecule has 0 spiro atoms. The van der Waals surface area contributed by atoms with Gasteiger partial charge in [0.15, 0.2) is 23.1 Å². The number of halogens is 2. The molecule has 0 amide bonds. The molecular formula is C8H11F2NO2. The minimum Gasteiger partial charge on any atom is -0.494 e. The van der Waals surface area contributed by atoms with E-state index in [2.05, 4.69) is 9.47 Å². The predicted molar refractivity (Wildman–Crippen MR) is 44.5 cm³/mol. The first-order valence-electron chi connectivity index (χ1n) is 3.26. The fourth-order valence-electron chi connectivity index (χ4n) is 0.823. The Kier molecular flexibility index (Phi) is 4.13. The number of hydrogen-bond acceptors (Lipinski definition) is 3. The third kappa shape index (κ3) is 2.29. The quantitative estimate of drug-likeness (QED) is 0.779. The monoisotopic (exact) mass is 191 g/mol. The Morgan fingerprint density at radius 3 is 1.62 bits per heavy atom. The molecule has 3 N–H and O–H groups in total. The highest BCUT2D eigenvalue weighted by Gasteiger charge is 2.09. The highest BCUT2D eigenvalue weighted by atomic mass is 19.1. The topological polar surface area (TPSA) is 53.5 Å². The summed E-state index contributed by atoms with van der Waals surface area (Å²) in [6, 6.07) is 1.88. The zero-order valence-corrected chi connectivity index (χ0v) is 7.43. The second kappa shape index (κ2) is 4.61. The number of benzene rings is 1. The first kappa shape index (κ1) is 11.6. The van der Waals surface area contributed by atoms with Gasteiger partial charge < -0.3 is 15.6 Å². The molecule has 1 aromatic rings. The van der Waals surface area contributed by atoms with Crippen molar-refractivity contribution in [3.05, 3.63) is 23.8 Å². The largest absolute Gasteiger partial charge is 0.494 e. The average molecular weight is 191 g/mol. The Hall–Kier alpha value is -1.36. The lowest BCUT2D eigenvalue weighted by atomic mass is 10.3. The lowest BCUT2D eigenvalue weighted by molar-refractivity contribution is 0.358. The molecule has 0 bridgehead atoms. The smallest absolute Gasteiger partial charge is 0.168 e. The van der Waals surface area contributed by atoms with Gasteiger partial charge >= 0.3 is 0 Å². The number of methoxy groups -OCH3 is 2. The molecule has 0 fully saturated rings. The molecule has 0 radical (unpaired) electrons. The summed E-state index contributed by atoms with van der Waals surface area (Å²) < 4.78 is 34.7. The van der Waals surface area contributed by atoms with Crippen LogP contribution in [-0.4, -0.2) is 14.2 Å². The predicted octanol–water partition coefficient (Wildman–Crippen LogP) is 2.14. The molecule has 0 aliphatic rings. The Balaban J connectivity index is 0.00000144. The van der Waals surface area contributed by atoms with Crippen molar-refractivity contribution in [2.75, 3.05) is 14.2 Å². The molecule has 0 saturated carbocycles. The summed E-state index contributed by atoms with van der Waals surface area (Å²) in [4.78, 5) is 0. The molecular weight excluding hydrogens is 180 g/mol. The van der Waals surface area contributed by atoms with Gasteiger partial charge in [-0.3, -0.25) is 0 Å². The summed E-state index contributed by atoms with van der Waals surface area (Å²) in [6.45, 7) is 0. The summed E-state index contributed by atoms with van der Waals surface area (Å²) in [7, 11) is 2.60. The highest BCUT2D eigenvalue weighted by molar-refractivity contribution is 5.35. The number of ether oxygens (including phenoxy) is 2. The summed E-state index contributed by atoms with van der Waals surface area (Å²) >= 11 is 0. The molecule has 0 unspecified atom stereocenters. The molecule has 0 heterocycles. The second-order valence-electron chi connectivity index (χ2n) is 2.12. The van der Waals surface area contributed by atoms with E-state index in [1.54, 1.807) is 0 Å². The maximum absolute atomic E-state index is 12.7. The van der Waals surface area contributed by atoms with Gasteiger partial charge in [0.05, 0.1) is 14.2 Å². The molecule has 74 valence electrons. The Labute approximate surface area is 74.9 Å². The maximum atomic E-state index is 12.7. The molecule has 0 aliphatic carbocycles. The van der Waals surface area contributed by atoms with Gasteiger partial charge in [-0.25, -0.2) is 8.78 Å². The molecule has 0 aliphatic heterocycles. The van der Waals surface area contributed by atoms with Crippen LogP contribution in [0.1, 0.15) is 0 Å². The lowest BCUT2D eigenvalue weighted by Gasteiger charge is -2.05. The van der Waals surface area contributed by atoms with E-state index in [-0.39, 0.29) is 17.6 Å². The Morgan fingerprint density at radius 1 is 0.923 bits per heavy atom. The van der Waals surface area contributed by atoms with Crippen LogP contribution in [0.3, 0.4) is 0 Å². The minimum atomic E-state index is -0.740. The van der Waals surface area contributed by atoms with Crippen molar-refractivity contribution >= 4 is 0 Å². The summed E-state index contributed by atoms with van der Waals surface area (Å²) in [5, 5.41) is 0. The standard InChI is InChI=1S/C8H8F2O2.H3N/c1-11-7-4-8(12-2)6(10)3-5(7)9;/h3-4H,1-2H3;1H3. The van der Waals surface area contributed by atoms with Crippen LogP contribution in [0, 0.1) is 11.6 Å². The molecule has 13 heavy (non-hydrogen) atoms. The van der Waals surface area contributed by atoms with E-state index < -0.39 is 11.6 Å². The molecule has 0 saturated heterocycles. The van der Waals surface area contributed by atoms with E-state index in [9.17, 15) is 8.78 Å². The zero-order valence-electron chi connectivity index (χ0n) is 7.43. The molecule has 0 aromatic heterocycles. The van der Waals surface area contributed by atoms with Crippen LogP contribution in [0.15, 0.2) is 12.1 Å². The lowest BCUT2D eigenvalue weighted by Crippen LogP contribution is -1.93. The second-order valence-corrected chi connectivity index (χ2v) is 2.12. The number of hydrogen-bond donors (Lipinski definition) is 1. The van der Waals surface area contributed by atoms with Crippen molar-refractivity contribution < 1.29 is 18.3 Å². The summed E-state index contributed by atoms with van der Waals surface area (Å²) in [5.74, 6) is -1.55. The number of rotatable bonds is 2. The summed E-state index contributed by atoms with van der Waals surface area (Å²) in [5.41, 5.74) is 0. The molecule has 5 heteroatoms. The first-order valence-corrected chi connectivity index (χ1v) is 3.26. The van der Waals surface area contributed by atoms with Gasteiger partial charge in [0, 0.05) is 12.1 Å². The summed E-state index contributed by atoms with van der Waals surface area (Å²) in [6.07, 6.45) is 0. The highest BCUT2D eigenvalue weighted by Crippen LogP contribution is 2.26. The molecule has 3 nitrogen and oxygen atoms in total. The Morgan fingerprint density at radius 2 is 1.31 bits per heavy atom. The van der Waals surface area contributed by atoms with Crippen LogP contribution in [0.5, 0.6) is 11.5 Å². The SMILES string of the molecule is COc1cc(OC)c(F)cc1F.N. The third-order valence-corrected chi connectivity index (χ3v) is 1.43. The van der Waals surface area contributed by atoms with E-state index >= 15 is 0 Å². The van der Waals surface area contributed by atoms with Crippen LogP contribution >= 0.6 is 0 Å². The van der Waals surface area contributed by atoms with Crippen molar-refractivity contribution in [3.8, 4) is 11.5 Å². The molecule has 1 rings (SSSR count). The van der Waals surface area contributed by atoms with Gasteiger partial charge in [-0.1, -0.05) is 0 Å². The molecule has 1 aromatic carbocycles. The van der Waals surface area contributed by atoms with E-state index in [1.165, 1.54) is 14.2 Å². The van der Waals surface area contributed by atoms with Gasteiger partial charge in [0.1, 0.15) is 0 Å². The first-order chi connectivity index (χ1) is 5.69. The van der Waals surface area contributed by atoms with E-state index in [0.717, 1.165) is 12.1 Å². The van der Waals surface area contributed by atoms with Gasteiger partial charge in [-0.15, -0.1) is 0 Å². The van der Waals surface area contributed by atoms with Gasteiger partial charge in [0.25, 0.3) is 0 Å². The van der Waals surface area contributed by atoms with Crippen molar-refractivity contribution in [2.45, 2.75) is 0 Å². The van der Waals surface area contributed by atoms with E-state index in [4.69, 9.17) is 0 Å². The van der Waals surface area contributed by atoms with Crippen molar-refractivity contribution in [1.29, 1.82) is 0 Å². The van der Waals surface area contributed by atoms with Gasteiger partial charge in [-0.2, -0.15) is 0 Å². The third-order valence-electron chi connectivity index (χ3n) is 1.43. The molecule has 0 atom stereocenters. The van der Waals surface area contributed by atoms with Crippen molar-refractivity contribution in [2.24, 2.45) is 0 Å². The minimum absolute atomic E-state index is 0. The zero-order chi connectivity index (χ0) is 9.14. The normalized spacial score (nSPS) is 8.92. The van der Waals surface area contributed by atoms with Gasteiger partial charge in [0.2, 0.25) is 0 Å². The van der Waals surface area contributed by atoms with Crippen molar-refractivity contribution in [1.82, 2.24) is 6.15 Å². The van der Waals surface area contributed by atoms with Crippen LogP contribution < -0.4 is 15.6 Å². The van der Waals surface area contributed by atoms with Crippen LogP contribution in [0.25, 0.3) is 0 Å². The van der Waals surface area contributed by atoms with Crippen LogP contribution in [0.4, 0.5) is 8.78 Å². The average Bonchev–Trinajstić information content (AvgIpc) is 2.05. The van der Waals surface area contributed by atoms with E-state index in [1.807, 2.05) is 0 Å². The van der Waals surface area contributed by atoms with Crippen LogP contribution in [-0.2, 0) is 0 Å². The van der Waals surface area contributed by atoms with Crippen LogP contribution in [0.2, 0.25) is 0 Å². The van der Waals surface area contributed by atoms with Gasteiger partial charge in [-0.05, 0) is 0 Å². The maximum Gasteiger partial charge on any atom is 0.168 e. The fourth-order valence-corrected chi connectivity index (χ4v) is 0.823. The van der Waals surface area contributed by atoms with Crippen molar-refractivity contribution in [3.63, 3.8) is 0 Å². The Bertz CT molecular complexity index is 266. The van der Waals surface area contributed by atoms with E-state index in [0.29, 0.717) is 0 Å².